The summed E-state index contributed by atoms with van der Waals surface area (Å²) in [5.74, 6) is 2.60. The summed E-state index contributed by atoms with van der Waals surface area (Å²) in [5.41, 5.74) is 2.72. The molecule has 0 N–H and O–H groups in total. The van der Waals surface area contributed by atoms with Crippen molar-refractivity contribution in [3.8, 4) is 28.6 Å². The van der Waals surface area contributed by atoms with Crippen LogP contribution in [-0.2, 0) is 7.05 Å². The van der Waals surface area contributed by atoms with Gasteiger partial charge in [-0.2, -0.15) is 0 Å². The lowest BCUT2D eigenvalue weighted by Crippen LogP contribution is -1.97. The number of aryl methyl sites for hydroxylation is 1. The van der Waals surface area contributed by atoms with E-state index in [1.165, 1.54) is 11.8 Å². The highest BCUT2D eigenvalue weighted by atomic mass is 32.2. The van der Waals surface area contributed by atoms with Crippen molar-refractivity contribution in [2.24, 2.45) is 7.05 Å². The Kier molecular flexibility index (Phi) is 5.30. The molecule has 1 aromatic carbocycles. The lowest BCUT2D eigenvalue weighted by Gasteiger charge is -2.07. The summed E-state index contributed by atoms with van der Waals surface area (Å²) >= 11 is 1.51. The Balaban J connectivity index is 1.52. The van der Waals surface area contributed by atoms with Crippen LogP contribution in [0.25, 0.3) is 22.8 Å². The van der Waals surface area contributed by atoms with Crippen LogP contribution >= 0.6 is 11.8 Å². The normalized spacial score (nSPS) is 12.1. The molecule has 0 saturated carbocycles. The van der Waals surface area contributed by atoms with Crippen LogP contribution in [0.3, 0.4) is 0 Å². The largest absolute Gasteiger partial charge is 0.497 e. The first kappa shape index (κ1) is 19.1. The van der Waals surface area contributed by atoms with Gasteiger partial charge in [0.2, 0.25) is 11.8 Å². The van der Waals surface area contributed by atoms with Crippen LogP contribution in [0.5, 0.6) is 5.75 Å². The van der Waals surface area contributed by atoms with Crippen molar-refractivity contribution in [3.05, 3.63) is 54.2 Å². The highest BCUT2D eigenvalue weighted by molar-refractivity contribution is 7.99. The van der Waals surface area contributed by atoms with Gasteiger partial charge in [-0.3, -0.25) is 4.98 Å². The molecule has 0 aliphatic heterocycles. The first-order valence-corrected chi connectivity index (χ1v) is 9.90. The number of pyridine rings is 1. The molecule has 8 nitrogen and oxygen atoms in total. The van der Waals surface area contributed by atoms with Crippen molar-refractivity contribution in [3.63, 3.8) is 0 Å². The van der Waals surface area contributed by atoms with Crippen molar-refractivity contribution < 1.29 is 9.15 Å². The molecule has 0 spiro atoms. The van der Waals surface area contributed by atoms with Crippen molar-refractivity contribution in [1.29, 1.82) is 0 Å². The maximum Gasteiger partial charge on any atom is 0.247 e. The smallest absolute Gasteiger partial charge is 0.247 e. The lowest BCUT2D eigenvalue weighted by atomic mass is 10.2. The summed E-state index contributed by atoms with van der Waals surface area (Å²) in [6.45, 7) is 3.93. The number of methoxy groups -OCH3 is 1. The number of nitrogens with zero attached hydrogens (tertiary/aromatic N) is 6. The number of ether oxygens (including phenoxy) is 1. The maximum atomic E-state index is 5.87. The van der Waals surface area contributed by atoms with Gasteiger partial charge >= 0.3 is 0 Å². The van der Waals surface area contributed by atoms with E-state index in [1.807, 2.05) is 61.9 Å². The van der Waals surface area contributed by atoms with Crippen LogP contribution in [-0.4, -0.2) is 37.1 Å². The van der Waals surface area contributed by atoms with Gasteiger partial charge in [0.05, 0.1) is 12.4 Å². The van der Waals surface area contributed by atoms with Gasteiger partial charge in [-0.15, -0.1) is 20.4 Å². The summed E-state index contributed by atoms with van der Waals surface area (Å²) in [6, 6.07) is 11.5. The molecule has 3 aromatic heterocycles. The Morgan fingerprint density at radius 1 is 1.03 bits per heavy atom. The molecule has 0 aliphatic carbocycles. The second-order valence-corrected chi connectivity index (χ2v) is 7.79. The van der Waals surface area contributed by atoms with Gasteiger partial charge in [0.25, 0.3) is 0 Å². The van der Waals surface area contributed by atoms with Gasteiger partial charge in [0, 0.05) is 30.1 Å². The zero-order valence-electron chi connectivity index (χ0n) is 16.5. The minimum absolute atomic E-state index is 0.0780. The molecule has 4 aromatic rings. The van der Waals surface area contributed by atoms with Gasteiger partial charge in [-0.25, -0.2) is 0 Å². The van der Waals surface area contributed by atoms with Crippen molar-refractivity contribution >= 4 is 11.8 Å². The minimum atomic E-state index is -0.0780. The Hall–Kier alpha value is -3.20. The van der Waals surface area contributed by atoms with Crippen molar-refractivity contribution in [1.82, 2.24) is 29.9 Å². The molecule has 4 rings (SSSR count). The molecule has 0 fully saturated rings. The molecule has 29 heavy (non-hydrogen) atoms. The average Bonchev–Trinajstić information content (AvgIpc) is 3.36. The summed E-state index contributed by atoms with van der Waals surface area (Å²) < 4.78 is 13.0. The van der Waals surface area contributed by atoms with E-state index < -0.39 is 0 Å². The highest BCUT2D eigenvalue weighted by Gasteiger charge is 2.20. The quantitative estimate of drug-likeness (QED) is 0.440. The Morgan fingerprint density at radius 2 is 1.83 bits per heavy atom. The zero-order valence-corrected chi connectivity index (χ0v) is 17.3. The number of hydrogen-bond donors (Lipinski definition) is 0. The highest BCUT2D eigenvalue weighted by Crippen LogP contribution is 2.35. The molecular formula is C20H20N6O2S. The molecule has 0 aliphatic rings. The number of aromatic nitrogens is 6. The van der Waals surface area contributed by atoms with Crippen LogP contribution in [0.2, 0.25) is 0 Å². The number of rotatable bonds is 6. The molecular weight excluding hydrogens is 388 g/mol. The topological polar surface area (TPSA) is 91.8 Å². The molecule has 1 atom stereocenters. The zero-order chi connectivity index (χ0) is 20.4. The fourth-order valence-electron chi connectivity index (χ4n) is 2.81. The molecule has 1 unspecified atom stereocenters. The average molecular weight is 408 g/mol. The van der Waals surface area contributed by atoms with Gasteiger partial charge < -0.3 is 13.7 Å². The third-order valence-corrected chi connectivity index (χ3v) is 5.52. The SMILES string of the molecule is COc1ccc(-c2nnc(SC(C)c3nnc(-c4ccnc(C)c4)o3)n2C)cc1. The summed E-state index contributed by atoms with van der Waals surface area (Å²) in [6.07, 6.45) is 1.73. The molecule has 0 bridgehead atoms. The summed E-state index contributed by atoms with van der Waals surface area (Å²) in [7, 11) is 3.58. The molecule has 3 heterocycles. The predicted octanol–water partition coefficient (Wildman–Crippen LogP) is 4.10. The fraction of sp³-hybridized carbons (Fsp3) is 0.250. The van der Waals surface area contributed by atoms with E-state index >= 15 is 0 Å². The van der Waals surface area contributed by atoms with Crippen LogP contribution in [0.1, 0.15) is 23.8 Å². The first-order valence-electron chi connectivity index (χ1n) is 9.02. The third-order valence-electron chi connectivity index (χ3n) is 4.40. The van der Waals surface area contributed by atoms with E-state index in [9.17, 15) is 0 Å². The van der Waals surface area contributed by atoms with Crippen molar-refractivity contribution in [2.75, 3.05) is 7.11 Å². The second kappa shape index (κ2) is 8.04. The van der Waals surface area contributed by atoms with E-state index in [2.05, 4.69) is 25.4 Å². The number of benzene rings is 1. The van der Waals surface area contributed by atoms with Crippen LogP contribution in [0, 0.1) is 6.92 Å². The van der Waals surface area contributed by atoms with Crippen molar-refractivity contribution in [2.45, 2.75) is 24.3 Å². The summed E-state index contributed by atoms with van der Waals surface area (Å²) in [4.78, 5) is 4.19. The predicted molar refractivity (Wildman–Crippen MR) is 110 cm³/mol. The van der Waals surface area contributed by atoms with E-state index in [4.69, 9.17) is 9.15 Å². The van der Waals surface area contributed by atoms with E-state index in [0.717, 1.165) is 33.6 Å². The standard InChI is InChI=1S/C20H20N6O2S/c1-12-11-15(9-10-21-12)19-24-23-18(28-19)13(2)29-20-25-22-17(26(20)3)14-5-7-16(27-4)8-6-14/h5-11,13H,1-4H3. The van der Waals surface area contributed by atoms with Gasteiger partial charge in [-0.05, 0) is 50.2 Å². The monoisotopic (exact) mass is 408 g/mol. The Morgan fingerprint density at radius 3 is 2.55 bits per heavy atom. The second-order valence-electron chi connectivity index (χ2n) is 6.49. The van der Waals surface area contributed by atoms with Gasteiger partial charge in [0.15, 0.2) is 11.0 Å². The Bertz CT molecular complexity index is 1120. The number of thioether (sulfide) groups is 1. The van der Waals surface area contributed by atoms with Crippen LogP contribution in [0.4, 0.5) is 0 Å². The number of hydrogen-bond acceptors (Lipinski definition) is 8. The van der Waals surface area contributed by atoms with E-state index in [-0.39, 0.29) is 5.25 Å². The Labute approximate surface area is 172 Å². The maximum absolute atomic E-state index is 5.87. The fourth-order valence-corrected chi connectivity index (χ4v) is 3.66. The molecule has 0 radical (unpaired) electrons. The minimum Gasteiger partial charge on any atom is -0.497 e. The van der Waals surface area contributed by atoms with Crippen LogP contribution in [0.15, 0.2) is 52.2 Å². The summed E-state index contributed by atoms with van der Waals surface area (Å²) in [5, 5.41) is 17.7. The van der Waals surface area contributed by atoms with E-state index in [0.29, 0.717) is 11.8 Å². The molecule has 9 heteroatoms. The third kappa shape index (κ3) is 4.00. The van der Waals surface area contributed by atoms with Crippen LogP contribution < -0.4 is 4.74 Å². The molecule has 148 valence electrons. The lowest BCUT2D eigenvalue weighted by molar-refractivity contribution is 0.415. The van der Waals surface area contributed by atoms with Gasteiger partial charge in [-0.1, -0.05) is 11.8 Å². The van der Waals surface area contributed by atoms with E-state index in [1.54, 1.807) is 13.3 Å². The molecule has 0 saturated heterocycles. The molecule has 0 amide bonds. The van der Waals surface area contributed by atoms with Gasteiger partial charge in [0.1, 0.15) is 5.75 Å². The first-order chi connectivity index (χ1) is 14.0.